The number of methoxy groups -OCH3 is 1. The van der Waals surface area contributed by atoms with Gasteiger partial charge in [0, 0.05) is 11.1 Å². The molecule has 1 N–H and O–H groups in total. The van der Waals surface area contributed by atoms with E-state index < -0.39 is 18.5 Å². The van der Waals surface area contributed by atoms with Crippen LogP contribution in [0.3, 0.4) is 0 Å². The third-order valence-electron chi connectivity index (χ3n) is 4.12. The zero-order chi connectivity index (χ0) is 20.6. The summed E-state index contributed by atoms with van der Waals surface area (Å²) in [7, 11) is 1.49. The highest BCUT2D eigenvalue weighted by molar-refractivity contribution is 6.13. The Labute approximate surface area is 168 Å². The first-order chi connectivity index (χ1) is 14.1. The normalized spacial score (nSPS) is 10.1. The number of carbonyl (C=O) groups excluding carboxylic acids is 3. The molecule has 0 saturated carbocycles. The number of amides is 1. The van der Waals surface area contributed by atoms with Crippen LogP contribution in [-0.2, 0) is 9.53 Å². The fraction of sp³-hybridized carbons (Fsp3) is 0.0870. The number of esters is 1. The van der Waals surface area contributed by atoms with Crippen molar-refractivity contribution in [1.82, 2.24) is 0 Å². The monoisotopic (exact) mass is 389 g/mol. The molecule has 0 spiro atoms. The average Bonchev–Trinajstić information content (AvgIpc) is 2.78. The summed E-state index contributed by atoms with van der Waals surface area (Å²) in [6.45, 7) is -0.482. The Morgan fingerprint density at radius 3 is 2.28 bits per heavy atom. The van der Waals surface area contributed by atoms with Crippen molar-refractivity contribution in [2.45, 2.75) is 0 Å². The molecule has 0 bridgehead atoms. The lowest BCUT2D eigenvalue weighted by atomic mass is 10.0. The van der Waals surface area contributed by atoms with Gasteiger partial charge in [0.15, 0.2) is 12.4 Å². The minimum atomic E-state index is -0.646. The van der Waals surface area contributed by atoms with E-state index in [2.05, 4.69) is 5.32 Å². The molecule has 0 aliphatic carbocycles. The van der Waals surface area contributed by atoms with Gasteiger partial charge in [0.05, 0.1) is 18.4 Å². The highest BCUT2D eigenvalue weighted by Crippen LogP contribution is 2.19. The van der Waals surface area contributed by atoms with Gasteiger partial charge in [-0.15, -0.1) is 0 Å². The van der Waals surface area contributed by atoms with E-state index in [1.165, 1.54) is 13.2 Å². The molecule has 3 aromatic rings. The Morgan fingerprint density at radius 2 is 1.52 bits per heavy atom. The highest BCUT2D eigenvalue weighted by atomic mass is 16.5. The summed E-state index contributed by atoms with van der Waals surface area (Å²) < 4.78 is 10.1. The number of hydrogen-bond acceptors (Lipinski definition) is 5. The van der Waals surface area contributed by atoms with Gasteiger partial charge in [-0.2, -0.15) is 0 Å². The highest BCUT2D eigenvalue weighted by Gasteiger charge is 2.16. The lowest BCUT2D eigenvalue weighted by Gasteiger charge is -2.11. The van der Waals surface area contributed by atoms with Crippen molar-refractivity contribution in [3.63, 3.8) is 0 Å². The molecule has 0 saturated heterocycles. The van der Waals surface area contributed by atoms with Gasteiger partial charge in [-0.1, -0.05) is 48.5 Å². The molecule has 6 nitrogen and oxygen atoms in total. The molecule has 0 unspecified atom stereocenters. The molecule has 29 heavy (non-hydrogen) atoms. The predicted molar refractivity (Wildman–Crippen MR) is 108 cm³/mol. The van der Waals surface area contributed by atoms with Crippen LogP contribution < -0.4 is 10.1 Å². The number of carbonyl (C=O) groups is 3. The van der Waals surface area contributed by atoms with E-state index in [9.17, 15) is 14.4 Å². The maximum absolute atomic E-state index is 12.7. The van der Waals surface area contributed by atoms with Crippen LogP contribution in [-0.4, -0.2) is 31.4 Å². The van der Waals surface area contributed by atoms with Crippen LogP contribution >= 0.6 is 0 Å². The number of benzene rings is 3. The van der Waals surface area contributed by atoms with E-state index in [1.807, 2.05) is 6.07 Å². The summed E-state index contributed by atoms with van der Waals surface area (Å²) in [4.78, 5) is 37.1. The van der Waals surface area contributed by atoms with Crippen LogP contribution in [0.25, 0.3) is 0 Å². The molecule has 0 aliphatic rings. The maximum atomic E-state index is 12.7. The minimum Gasteiger partial charge on any atom is -0.497 e. The first-order valence-corrected chi connectivity index (χ1v) is 8.88. The van der Waals surface area contributed by atoms with E-state index in [0.717, 1.165) is 0 Å². The van der Waals surface area contributed by atoms with Crippen molar-refractivity contribution in [1.29, 1.82) is 0 Å². The number of rotatable bonds is 7. The molecule has 146 valence electrons. The number of nitrogens with one attached hydrogen (secondary N) is 1. The molecule has 6 heteroatoms. The third-order valence-corrected chi connectivity index (χ3v) is 4.12. The Kier molecular flexibility index (Phi) is 6.37. The van der Waals surface area contributed by atoms with Crippen molar-refractivity contribution in [2.24, 2.45) is 0 Å². The van der Waals surface area contributed by atoms with Gasteiger partial charge < -0.3 is 14.8 Å². The molecular weight excluding hydrogens is 370 g/mol. The SMILES string of the molecule is COc1cccc(C(=O)OCC(=O)Nc2ccccc2C(=O)c2ccccc2)c1. The van der Waals surface area contributed by atoms with Crippen molar-refractivity contribution < 1.29 is 23.9 Å². The van der Waals surface area contributed by atoms with Gasteiger partial charge in [0.2, 0.25) is 0 Å². The van der Waals surface area contributed by atoms with Crippen molar-refractivity contribution in [3.05, 3.63) is 95.6 Å². The van der Waals surface area contributed by atoms with E-state index in [0.29, 0.717) is 22.6 Å². The molecule has 0 heterocycles. The second-order valence-corrected chi connectivity index (χ2v) is 6.10. The predicted octanol–water partition coefficient (Wildman–Crippen LogP) is 3.72. The smallest absolute Gasteiger partial charge is 0.338 e. The third kappa shape index (κ3) is 5.07. The zero-order valence-electron chi connectivity index (χ0n) is 15.8. The largest absolute Gasteiger partial charge is 0.497 e. The van der Waals surface area contributed by atoms with Crippen LogP contribution in [0.4, 0.5) is 5.69 Å². The van der Waals surface area contributed by atoms with Crippen LogP contribution in [0.5, 0.6) is 5.75 Å². The molecule has 0 radical (unpaired) electrons. The summed E-state index contributed by atoms with van der Waals surface area (Å²) >= 11 is 0. The number of ether oxygens (including phenoxy) is 2. The van der Waals surface area contributed by atoms with Crippen LogP contribution in [0, 0.1) is 0 Å². The fourth-order valence-electron chi connectivity index (χ4n) is 2.69. The van der Waals surface area contributed by atoms with Crippen molar-refractivity contribution in [2.75, 3.05) is 19.0 Å². The Morgan fingerprint density at radius 1 is 0.828 bits per heavy atom. The summed E-state index contributed by atoms with van der Waals surface area (Å²) in [6.07, 6.45) is 0. The van der Waals surface area contributed by atoms with E-state index in [4.69, 9.17) is 9.47 Å². The molecule has 1 amide bonds. The van der Waals surface area contributed by atoms with Crippen LogP contribution in [0.1, 0.15) is 26.3 Å². The van der Waals surface area contributed by atoms with Crippen molar-refractivity contribution in [3.8, 4) is 5.75 Å². The summed E-state index contributed by atoms with van der Waals surface area (Å²) in [6, 6.07) is 21.9. The summed E-state index contributed by atoms with van der Waals surface area (Å²) in [5.41, 5.74) is 1.49. The molecule has 3 aromatic carbocycles. The Bertz CT molecular complexity index is 1030. The quantitative estimate of drug-likeness (QED) is 0.492. The minimum absolute atomic E-state index is 0.213. The maximum Gasteiger partial charge on any atom is 0.338 e. The molecular formula is C23H19NO5. The van der Waals surface area contributed by atoms with Gasteiger partial charge in [0.1, 0.15) is 5.75 Å². The number of ketones is 1. The topological polar surface area (TPSA) is 81.7 Å². The molecule has 0 atom stereocenters. The summed E-state index contributed by atoms with van der Waals surface area (Å²) in [5, 5.41) is 2.63. The van der Waals surface area contributed by atoms with Gasteiger partial charge in [-0.25, -0.2) is 4.79 Å². The molecule has 3 rings (SSSR count). The number of hydrogen-bond donors (Lipinski definition) is 1. The second kappa shape index (κ2) is 9.32. The van der Waals surface area contributed by atoms with E-state index >= 15 is 0 Å². The lowest BCUT2D eigenvalue weighted by Crippen LogP contribution is -2.22. The second-order valence-electron chi connectivity index (χ2n) is 6.10. The Hall–Kier alpha value is -3.93. The van der Waals surface area contributed by atoms with Gasteiger partial charge in [-0.05, 0) is 30.3 Å². The lowest BCUT2D eigenvalue weighted by molar-refractivity contribution is -0.119. The Balaban J connectivity index is 1.65. The number of anilines is 1. The van der Waals surface area contributed by atoms with E-state index in [-0.39, 0.29) is 11.3 Å². The standard InChI is InChI=1S/C23H19NO5/c1-28-18-11-7-10-17(14-18)23(27)29-15-21(25)24-20-13-6-5-12-19(20)22(26)16-8-3-2-4-9-16/h2-14H,15H2,1H3,(H,24,25). The summed E-state index contributed by atoms with van der Waals surface area (Å²) in [5.74, 6) is -0.894. The van der Waals surface area contributed by atoms with Crippen LogP contribution in [0.15, 0.2) is 78.9 Å². The first-order valence-electron chi connectivity index (χ1n) is 8.88. The van der Waals surface area contributed by atoms with Gasteiger partial charge in [-0.3, -0.25) is 9.59 Å². The van der Waals surface area contributed by atoms with Gasteiger partial charge in [0.25, 0.3) is 5.91 Å². The fourth-order valence-corrected chi connectivity index (χ4v) is 2.69. The molecule has 0 fully saturated rings. The number of para-hydroxylation sites is 1. The first kappa shape index (κ1) is 19.8. The van der Waals surface area contributed by atoms with Gasteiger partial charge >= 0.3 is 5.97 Å². The average molecular weight is 389 g/mol. The van der Waals surface area contributed by atoms with Crippen molar-refractivity contribution >= 4 is 23.3 Å². The molecule has 0 aliphatic heterocycles. The van der Waals surface area contributed by atoms with Crippen LogP contribution in [0.2, 0.25) is 0 Å². The van der Waals surface area contributed by atoms with E-state index in [1.54, 1.807) is 66.7 Å². The zero-order valence-corrected chi connectivity index (χ0v) is 15.8. The molecule has 0 aromatic heterocycles.